The molecule has 2 aliphatic rings. The molecule has 1 aromatic carbocycles. The number of fused-ring (bicyclic) bond motifs is 1. The molecule has 5 rings (SSSR count). The summed E-state index contributed by atoms with van der Waals surface area (Å²) in [5, 5.41) is 9.79. The van der Waals surface area contributed by atoms with E-state index in [0.717, 1.165) is 22.5 Å². The Balaban J connectivity index is 1.62. The van der Waals surface area contributed by atoms with Crippen LogP contribution in [0.25, 0.3) is 21.6 Å². The number of rotatable bonds is 6. The minimum absolute atomic E-state index is 0.0216. The zero-order valence-corrected chi connectivity index (χ0v) is 19.1. The van der Waals surface area contributed by atoms with Gasteiger partial charge in [0.1, 0.15) is 0 Å². The molecule has 2 aromatic heterocycles. The maximum Gasteiger partial charge on any atom is 0.228 e. The lowest BCUT2D eigenvalue weighted by molar-refractivity contribution is -0.120. The average Bonchev–Trinajstić information content (AvgIpc) is 3.59. The fourth-order valence-corrected chi connectivity index (χ4v) is 5.05. The number of carbonyl (C=O) groups excluding carboxylic acids is 2. The average molecular weight is 458 g/mol. The number of piperidine rings is 1. The van der Waals surface area contributed by atoms with E-state index in [1.54, 1.807) is 18.3 Å². The Morgan fingerprint density at radius 2 is 1.91 bits per heavy atom. The molecule has 34 heavy (non-hydrogen) atoms. The molecule has 1 aliphatic heterocycles. The molecular weight excluding hydrogens is 430 g/mol. The van der Waals surface area contributed by atoms with E-state index >= 15 is 0 Å². The minimum Gasteiger partial charge on any atom is -0.393 e. The van der Waals surface area contributed by atoms with E-state index in [1.807, 2.05) is 29.7 Å². The van der Waals surface area contributed by atoms with Crippen molar-refractivity contribution in [2.75, 3.05) is 19.6 Å². The Morgan fingerprint density at radius 1 is 1.24 bits per heavy atom. The van der Waals surface area contributed by atoms with Crippen molar-refractivity contribution in [2.24, 2.45) is 5.73 Å². The maximum atomic E-state index is 13.5. The third kappa shape index (κ3) is 3.67. The van der Waals surface area contributed by atoms with Gasteiger partial charge in [-0.05, 0) is 56.4 Å². The number of likely N-dealkylation sites (tertiary alicyclic amines) is 1. The number of carbonyl (C=O) groups is 2. The van der Waals surface area contributed by atoms with Gasteiger partial charge in [0.15, 0.2) is 11.5 Å². The van der Waals surface area contributed by atoms with Crippen LogP contribution in [0.1, 0.15) is 47.3 Å². The summed E-state index contributed by atoms with van der Waals surface area (Å²) in [6.07, 6.45) is 4.10. The molecule has 8 nitrogen and oxygen atoms in total. The molecule has 0 spiro atoms. The highest BCUT2D eigenvalue weighted by molar-refractivity contribution is 6.09. The summed E-state index contributed by atoms with van der Waals surface area (Å²) < 4.78 is 1.98. The van der Waals surface area contributed by atoms with Gasteiger partial charge in [0.25, 0.3) is 0 Å². The van der Waals surface area contributed by atoms with Crippen LogP contribution in [0, 0.1) is 13.5 Å². The monoisotopic (exact) mass is 457 g/mol. The van der Waals surface area contributed by atoms with Gasteiger partial charge >= 0.3 is 0 Å². The summed E-state index contributed by atoms with van der Waals surface area (Å²) in [6.45, 7) is 10.8. The highest BCUT2D eigenvalue weighted by atomic mass is 16.3. The molecule has 0 radical (unpaired) electrons. The first kappa shape index (κ1) is 22.3. The van der Waals surface area contributed by atoms with Crippen molar-refractivity contribution in [3.8, 4) is 5.69 Å². The van der Waals surface area contributed by atoms with Crippen LogP contribution in [0.5, 0.6) is 0 Å². The summed E-state index contributed by atoms with van der Waals surface area (Å²) in [5.41, 5.74) is 9.81. The lowest BCUT2D eigenvalue weighted by Gasteiger charge is -2.28. The standard InChI is InChI=1S/C26H27N5O3/c1-16-23(22(33)15-30-11-7-20(32)8-12-30)24-21(31(16)19-5-3-18(28-2)4-6-19)13-17(14-29-24)26(9-10-26)25(27)34/h3-6,13-14,20,32H,7-12,15H2,1H3,(H2,27,34). The number of ketones is 1. The molecule has 1 saturated carbocycles. The first-order valence-corrected chi connectivity index (χ1v) is 11.6. The summed E-state index contributed by atoms with van der Waals surface area (Å²) in [6, 6.07) is 9.14. The van der Waals surface area contributed by atoms with E-state index < -0.39 is 5.41 Å². The van der Waals surface area contributed by atoms with Gasteiger partial charge in [0.2, 0.25) is 5.91 Å². The van der Waals surface area contributed by atoms with E-state index in [-0.39, 0.29) is 24.3 Å². The normalized spacial score (nSPS) is 18.0. The molecule has 2 fully saturated rings. The summed E-state index contributed by atoms with van der Waals surface area (Å²) >= 11 is 0. The Morgan fingerprint density at radius 3 is 2.50 bits per heavy atom. The quantitative estimate of drug-likeness (QED) is 0.437. The zero-order chi connectivity index (χ0) is 24.0. The maximum absolute atomic E-state index is 13.5. The molecule has 1 saturated heterocycles. The number of aromatic nitrogens is 2. The molecule has 0 atom stereocenters. The van der Waals surface area contributed by atoms with Gasteiger partial charge in [-0.3, -0.25) is 19.5 Å². The molecule has 3 N–H and O–H groups in total. The molecule has 8 heteroatoms. The van der Waals surface area contributed by atoms with Crippen molar-refractivity contribution in [2.45, 2.75) is 44.1 Å². The number of nitrogens with two attached hydrogens (primary N) is 1. The highest BCUT2D eigenvalue weighted by Crippen LogP contribution is 2.48. The Labute approximate surface area is 197 Å². The largest absolute Gasteiger partial charge is 0.393 e. The van der Waals surface area contributed by atoms with Gasteiger partial charge in [0, 0.05) is 30.7 Å². The Hall–Kier alpha value is -3.54. The Bertz CT molecular complexity index is 1320. The van der Waals surface area contributed by atoms with Crippen molar-refractivity contribution >= 4 is 28.4 Å². The van der Waals surface area contributed by atoms with Crippen LogP contribution in [0.3, 0.4) is 0 Å². The third-order valence-corrected chi connectivity index (χ3v) is 7.26. The second kappa shape index (κ2) is 8.35. The second-order valence-corrected chi connectivity index (χ2v) is 9.39. The van der Waals surface area contributed by atoms with Crippen LogP contribution in [0.2, 0.25) is 0 Å². The van der Waals surface area contributed by atoms with Gasteiger partial charge in [-0.15, -0.1) is 0 Å². The van der Waals surface area contributed by atoms with E-state index in [0.29, 0.717) is 55.5 Å². The number of aliphatic hydroxyl groups excluding tert-OH is 1. The number of amides is 1. The first-order valence-electron chi connectivity index (χ1n) is 11.6. The molecular formula is C26H27N5O3. The van der Waals surface area contributed by atoms with E-state index in [4.69, 9.17) is 12.3 Å². The van der Waals surface area contributed by atoms with Gasteiger partial charge in [-0.25, -0.2) is 4.85 Å². The van der Waals surface area contributed by atoms with Crippen molar-refractivity contribution in [3.05, 3.63) is 64.8 Å². The van der Waals surface area contributed by atoms with Crippen molar-refractivity contribution in [1.82, 2.24) is 14.5 Å². The second-order valence-electron chi connectivity index (χ2n) is 9.39. The summed E-state index contributed by atoms with van der Waals surface area (Å²) in [4.78, 5) is 35.9. The lowest BCUT2D eigenvalue weighted by Crippen LogP contribution is -2.39. The first-order chi connectivity index (χ1) is 16.3. The lowest BCUT2D eigenvalue weighted by atomic mass is 9.96. The number of primary amides is 1. The van der Waals surface area contributed by atoms with E-state index in [2.05, 4.69) is 14.7 Å². The molecule has 1 aliphatic carbocycles. The molecule has 174 valence electrons. The third-order valence-electron chi connectivity index (χ3n) is 7.26. The van der Waals surface area contributed by atoms with Crippen LogP contribution in [-0.4, -0.2) is 57.0 Å². The molecule has 0 bridgehead atoms. The van der Waals surface area contributed by atoms with Gasteiger partial charge in [-0.2, -0.15) is 0 Å². The fraction of sp³-hybridized carbons (Fsp3) is 0.385. The van der Waals surface area contributed by atoms with Gasteiger partial charge < -0.3 is 15.4 Å². The predicted molar refractivity (Wildman–Crippen MR) is 128 cm³/mol. The van der Waals surface area contributed by atoms with Gasteiger partial charge in [-0.1, -0.05) is 12.1 Å². The summed E-state index contributed by atoms with van der Waals surface area (Å²) in [5.74, 6) is -0.375. The highest BCUT2D eigenvalue weighted by Gasteiger charge is 2.50. The zero-order valence-electron chi connectivity index (χ0n) is 19.1. The van der Waals surface area contributed by atoms with Crippen LogP contribution in [0.15, 0.2) is 36.5 Å². The molecule has 3 heterocycles. The SMILES string of the molecule is [C-]#[N+]c1ccc(-n2c(C)c(C(=O)CN3CCC(O)CC3)c3ncc(C4(C(N)=O)CC4)cc32)cc1. The van der Waals surface area contributed by atoms with Crippen LogP contribution < -0.4 is 5.73 Å². The van der Waals surface area contributed by atoms with E-state index in [9.17, 15) is 14.7 Å². The topological polar surface area (TPSA) is 106 Å². The number of pyridine rings is 1. The number of hydrogen-bond acceptors (Lipinski definition) is 5. The minimum atomic E-state index is -0.684. The van der Waals surface area contributed by atoms with Crippen LogP contribution in [-0.2, 0) is 10.2 Å². The predicted octanol–water partition coefficient (Wildman–Crippen LogP) is 3.04. The van der Waals surface area contributed by atoms with Crippen LogP contribution >= 0.6 is 0 Å². The molecule has 0 unspecified atom stereocenters. The fourth-order valence-electron chi connectivity index (χ4n) is 5.05. The van der Waals surface area contributed by atoms with Crippen molar-refractivity contribution < 1.29 is 14.7 Å². The number of benzene rings is 1. The number of Topliss-reactive ketones (excluding diaryl/α,β-unsaturated/α-hetero) is 1. The van der Waals surface area contributed by atoms with Crippen LogP contribution in [0.4, 0.5) is 5.69 Å². The van der Waals surface area contributed by atoms with Gasteiger partial charge in [0.05, 0.1) is 41.2 Å². The Kier molecular flexibility index (Phi) is 5.47. The number of nitrogens with zero attached hydrogens (tertiary/aromatic N) is 4. The van der Waals surface area contributed by atoms with Crippen molar-refractivity contribution in [1.29, 1.82) is 0 Å². The number of aliphatic hydroxyl groups is 1. The van der Waals surface area contributed by atoms with E-state index in [1.165, 1.54) is 0 Å². The van der Waals surface area contributed by atoms with Crippen molar-refractivity contribution in [3.63, 3.8) is 0 Å². The smallest absolute Gasteiger partial charge is 0.228 e. The molecule has 3 aromatic rings. The number of hydrogen-bond donors (Lipinski definition) is 2. The molecule has 1 amide bonds. The summed E-state index contributed by atoms with van der Waals surface area (Å²) in [7, 11) is 0.